The summed E-state index contributed by atoms with van der Waals surface area (Å²) >= 11 is 0. The van der Waals surface area contributed by atoms with Gasteiger partial charge in [-0.25, -0.2) is 0 Å². The molecule has 27 heavy (non-hydrogen) atoms. The van der Waals surface area contributed by atoms with Gasteiger partial charge in [-0.1, -0.05) is 26.0 Å². The SMILES string of the molecule is CCOC1CC(N)(C(=O)NCc2ccc(N3CCCCC3=O)cc2)C1(C)C. The van der Waals surface area contributed by atoms with E-state index in [0.29, 0.717) is 26.0 Å². The van der Waals surface area contributed by atoms with Crippen molar-refractivity contribution in [1.29, 1.82) is 0 Å². The molecule has 3 rings (SSSR count). The van der Waals surface area contributed by atoms with Crippen molar-refractivity contribution in [3.05, 3.63) is 29.8 Å². The van der Waals surface area contributed by atoms with Gasteiger partial charge in [0.25, 0.3) is 0 Å². The quantitative estimate of drug-likeness (QED) is 0.802. The Balaban J connectivity index is 1.57. The minimum Gasteiger partial charge on any atom is -0.378 e. The molecule has 1 heterocycles. The van der Waals surface area contributed by atoms with E-state index in [1.165, 1.54) is 0 Å². The van der Waals surface area contributed by atoms with Gasteiger partial charge in [0.05, 0.1) is 6.10 Å². The van der Waals surface area contributed by atoms with E-state index in [1.807, 2.05) is 49.9 Å². The lowest BCUT2D eigenvalue weighted by Gasteiger charge is -2.57. The average Bonchev–Trinajstić information content (AvgIpc) is 2.66. The molecule has 0 aromatic heterocycles. The Hall–Kier alpha value is -1.92. The Morgan fingerprint density at radius 2 is 2.00 bits per heavy atom. The lowest BCUT2D eigenvalue weighted by Crippen LogP contribution is -2.75. The monoisotopic (exact) mass is 373 g/mol. The number of carbonyl (C=O) groups is 2. The highest BCUT2D eigenvalue weighted by atomic mass is 16.5. The Bertz CT molecular complexity index is 701. The van der Waals surface area contributed by atoms with Crippen LogP contribution in [0.25, 0.3) is 0 Å². The predicted octanol–water partition coefficient (Wildman–Crippen LogP) is 2.35. The van der Waals surface area contributed by atoms with Crippen LogP contribution in [0.15, 0.2) is 24.3 Å². The van der Waals surface area contributed by atoms with Gasteiger partial charge in [-0.3, -0.25) is 9.59 Å². The van der Waals surface area contributed by atoms with E-state index in [0.717, 1.165) is 30.6 Å². The number of ether oxygens (including phenoxy) is 1. The summed E-state index contributed by atoms with van der Waals surface area (Å²) in [6.07, 6.45) is 3.19. The highest BCUT2D eigenvalue weighted by molar-refractivity contribution is 5.94. The van der Waals surface area contributed by atoms with Crippen molar-refractivity contribution < 1.29 is 14.3 Å². The zero-order chi connectivity index (χ0) is 19.7. The van der Waals surface area contributed by atoms with Crippen LogP contribution >= 0.6 is 0 Å². The van der Waals surface area contributed by atoms with Gasteiger partial charge >= 0.3 is 0 Å². The lowest BCUT2D eigenvalue weighted by molar-refractivity contribution is -0.170. The van der Waals surface area contributed by atoms with E-state index >= 15 is 0 Å². The smallest absolute Gasteiger partial charge is 0.241 e. The highest BCUT2D eigenvalue weighted by Gasteiger charge is 2.62. The van der Waals surface area contributed by atoms with Crippen LogP contribution in [0.5, 0.6) is 0 Å². The van der Waals surface area contributed by atoms with E-state index in [-0.39, 0.29) is 17.9 Å². The lowest BCUT2D eigenvalue weighted by atomic mass is 9.54. The van der Waals surface area contributed by atoms with Gasteiger partial charge in [-0.15, -0.1) is 0 Å². The fourth-order valence-corrected chi connectivity index (χ4v) is 4.03. The Labute approximate surface area is 161 Å². The van der Waals surface area contributed by atoms with Gasteiger partial charge < -0.3 is 20.7 Å². The van der Waals surface area contributed by atoms with Gasteiger partial charge in [0, 0.05) is 43.6 Å². The predicted molar refractivity (Wildman–Crippen MR) is 105 cm³/mol. The number of hydrogen-bond acceptors (Lipinski definition) is 4. The van der Waals surface area contributed by atoms with E-state index in [2.05, 4.69) is 5.32 Å². The Kier molecular flexibility index (Phi) is 5.58. The molecule has 0 radical (unpaired) electrons. The number of rotatable bonds is 6. The van der Waals surface area contributed by atoms with Crippen LogP contribution < -0.4 is 16.0 Å². The first-order valence-corrected chi connectivity index (χ1v) is 9.87. The Morgan fingerprint density at radius 3 is 2.59 bits per heavy atom. The summed E-state index contributed by atoms with van der Waals surface area (Å²) in [6.45, 7) is 7.75. The minimum atomic E-state index is -0.910. The molecule has 1 aromatic carbocycles. The maximum Gasteiger partial charge on any atom is 0.241 e. The molecule has 2 fully saturated rings. The van der Waals surface area contributed by atoms with Crippen molar-refractivity contribution in [2.24, 2.45) is 11.1 Å². The molecule has 2 aliphatic rings. The first kappa shape index (κ1) is 19.8. The summed E-state index contributed by atoms with van der Waals surface area (Å²) in [6, 6.07) is 7.80. The summed E-state index contributed by atoms with van der Waals surface area (Å²) in [5.41, 5.74) is 7.01. The maximum atomic E-state index is 12.7. The molecule has 1 aliphatic heterocycles. The molecule has 6 heteroatoms. The molecule has 0 spiro atoms. The van der Waals surface area contributed by atoms with E-state index < -0.39 is 11.0 Å². The second kappa shape index (κ2) is 7.60. The van der Waals surface area contributed by atoms with Gasteiger partial charge in [-0.2, -0.15) is 0 Å². The Morgan fingerprint density at radius 1 is 1.30 bits per heavy atom. The first-order valence-electron chi connectivity index (χ1n) is 9.87. The van der Waals surface area contributed by atoms with E-state index in [9.17, 15) is 9.59 Å². The summed E-state index contributed by atoms with van der Waals surface area (Å²) in [4.78, 5) is 26.6. The average molecular weight is 373 g/mol. The van der Waals surface area contributed by atoms with Crippen molar-refractivity contribution in [1.82, 2.24) is 5.32 Å². The summed E-state index contributed by atoms with van der Waals surface area (Å²) in [5, 5.41) is 2.97. The molecule has 2 atom stereocenters. The van der Waals surface area contributed by atoms with Crippen LogP contribution in [0, 0.1) is 5.41 Å². The van der Waals surface area contributed by atoms with Crippen molar-refractivity contribution in [2.75, 3.05) is 18.1 Å². The molecule has 1 aromatic rings. The zero-order valence-corrected chi connectivity index (χ0v) is 16.6. The molecule has 0 bridgehead atoms. The summed E-state index contributed by atoms with van der Waals surface area (Å²) < 4.78 is 5.69. The fraction of sp³-hybridized carbons (Fsp3) is 0.619. The largest absolute Gasteiger partial charge is 0.378 e. The van der Waals surface area contributed by atoms with E-state index in [1.54, 1.807) is 0 Å². The van der Waals surface area contributed by atoms with Crippen LogP contribution in [0.2, 0.25) is 0 Å². The second-order valence-corrected chi connectivity index (χ2v) is 8.19. The molecule has 2 unspecified atom stereocenters. The molecule has 1 aliphatic carbocycles. The molecule has 6 nitrogen and oxygen atoms in total. The van der Waals surface area contributed by atoms with Crippen molar-refractivity contribution in [3.8, 4) is 0 Å². The molecule has 1 saturated carbocycles. The first-order chi connectivity index (χ1) is 12.8. The standard InChI is InChI=1S/C21H31N3O3/c1-4-27-17-13-21(22,20(17,2)3)19(26)23-14-15-8-10-16(11-9-15)24-12-6-5-7-18(24)25/h8-11,17H,4-7,12-14,22H2,1-3H3,(H,23,26). The number of hydrogen-bond donors (Lipinski definition) is 2. The number of benzene rings is 1. The van der Waals surface area contributed by atoms with Gasteiger partial charge in [0.15, 0.2) is 0 Å². The summed E-state index contributed by atoms with van der Waals surface area (Å²) in [5.74, 6) is 0.0437. The number of anilines is 1. The third kappa shape index (κ3) is 3.60. The maximum absolute atomic E-state index is 12.7. The topological polar surface area (TPSA) is 84.7 Å². The second-order valence-electron chi connectivity index (χ2n) is 8.19. The molecular formula is C21H31N3O3. The minimum absolute atomic E-state index is 0.0135. The van der Waals surface area contributed by atoms with Crippen molar-refractivity contribution in [2.45, 2.75) is 64.6 Å². The van der Waals surface area contributed by atoms with Gasteiger partial charge in [0.1, 0.15) is 5.54 Å². The molecule has 2 amide bonds. The zero-order valence-electron chi connectivity index (χ0n) is 16.6. The third-order valence-electron chi connectivity index (χ3n) is 6.26. The third-order valence-corrected chi connectivity index (χ3v) is 6.26. The van der Waals surface area contributed by atoms with Crippen LogP contribution in [0.3, 0.4) is 0 Å². The van der Waals surface area contributed by atoms with Crippen molar-refractivity contribution in [3.63, 3.8) is 0 Å². The molecule has 148 valence electrons. The van der Waals surface area contributed by atoms with E-state index in [4.69, 9.17) is 10.5 Å². The normalized spacial score (nSPS) is 27.2. The number of nitrogens with two attached hydrogens (primary N) is 1. The number of amides is 2. The molecular weight excluding hydrogens is 342 g/mol. The van der Waals surface area contributed by atoms with Crippen LogP contribution in [-0.4, -0.2) is 36.6 Å². The van der Waals surface area contributed by atoms with Crippen LogP contribution in [0.4, 0.5) is 5.69 Å². The summed E-state index contributed by atoms with van der Waals surface area (Å²) in [7, 11) is 0. The van der Waals surface area contributed by atoms with Crippen molar-refractivity contribution >= 4 is 17.5 Å². The molecule has 1 saturated heterocycles. The number of piperidine rings is 1. The fourth-order valence-electron chi connectivity index (χ4n) is 4.03. The highest BCUT2D eigenvalue weighted by Crippen LogP contribution is 2.49. The number of carbonyl (C=O) groups excluding carboxylic acids is 2. The van der Waals surface area contributed by atoms with Gasteiger partial charge in [0.2, 0.25) is 11.8 Å². The van der Waals surface area contributed by atoms with Crippen LogP contribution in [0.1, 0.15) is 52.0 Å². The van der Waals surface area contributed by atoms with Gasteiger partial charge in [-0.05, 0) is 37.5 Å². The molecule has 3 N–H and O–H groups in total. The van der Waals surface area contributed by atoms with Crippen LogP contribution in [-0.2, 0) is 20.9 Å². The number of nitrogens with zero attached hydrogens (tertiary/aromatic N) is 1. The number of nitrogens with one attached hydrogen (secondary N) is 1.